The average molecular weight is 234 g/mol. The predicted molar refractivity (Wildman–Crippen MR) is 66.8 cm³/mol. The third kappa shape index (κ3) is 2.73. The Balaban J connectivity index is 2.35. The Morgan fingerprint density at radius 1 is 1.35 bits per heavy atom. The summed E-state index contributed by atoms with van der Waals surface area (Å²) in [5.41, 5.74) is 2.19. The highest BCUT2D eigenvalue weighted by atomic mass is 16.7. The zero-order chi connectivity index (χ0) is 12.4. The highest BCUT2D eigenvalue weighted by Gasteiger charge is 2.18. The van der Waals surface area contributed by atoms with Gasteiger partial charge >= 0.3 is 0 Å². The van der Waals surface area contributed by atoms with Gasteiger partial charge in [-0.2, -0.15) is 0 Å². The lowest BCUT2D eigenvalue weighted by Crippen LogP contribution is -2.07. The van der Waals surface area contributed by atoms with Crippen LogP contribution in [0.4, 0.5) is 0 Å². The Hall–Kier alpha value is -1.64. The molecule has 0 spiro atoms. The van der Waals surface area contributed by atoms with Crippen molar-refractivity contribution in [3.05, 3.63) is 29.8 Å². The fraction of sp³-hybridized carbons (Fsp3) is 0.429. The van der Waals surface area contributed by atoms with Crippen LogP contribution in [0.1, 0.15) is 26.3 Å². The lowest BCUT2D eigenvalue weighted by Gasteiger charge is -2.15. The summed E-state index contributed by atoms with van der Waals surface area (Å²) in [5, 5.41) is 0. The topological polar surface area (TPSA) is 27.7 Å². The summed E-state index contributed by atoms with van der Waals surface area (Å²) >= 11 is 0. The molecular formula is C14H18O3. The molecule has 2 rings (SSSR count). The number of hydrogen-bond donors (Lipinski definition) is 0. The molecular weight excluding hydrogens is 216 g/mol. The van der Waals surface area contributed by atoms with Crippen LogP contribution in [-0.2, 0) is 6.42 Å². The maximum absolute atomic E-state index is 5.79. The molecule has 1 aromatic carbocycles. The van der Waals surface area contributed by atoms with Gasteiger partial charge in [0, 0.05) is 11.6 Å². The molecule has 0 aliphatic carbocycles. The number of rotatable bonds is 4. The van der Waals surface area contributed by atoms with Crippen molar-refractivity contribution in [3.8, 4) is 17.2 Å². The van der Waals surface area contributed by atoms with E-state index in [-0.39, 0.29) is 12.9 Å². The van der Waals surface area contributed by atoms with Crippen LogP contribution in [0.3, 0.4) is 0 Å². The summed E-state index contributed by atoms with van der Waals surface area (Å²) in [7, 11) is 0. The van der Waals surface area contributed by atoms with Crippen molar-refractivity contribution in [1.82, 2.24) is 0 Å². The number of allylic oxidation sites excluding steroid dienone is 1. The molecule has 0 radical (unpaired) electrons. The van der Waals surface area contributed by atoms with Crippen molar-refractivity contribution in [1.29, 1.82) is 0 Å². The molecule has 0 amide bonds. The molecule has 0 saturated heterocycles. The third-order valence-corrected chi connectivity index (χ3v) is 2.41. The van der Waals surface area contributed by atoms with E-state index in [1.54, 1.807) is 0 Å². The number of ether oxygens (including phenoxy) is 3. The molecule has 3 heteroatoms. The summed E-state index contributed by atoms with van der Waals surface area (Å²) in [6, 6.07) is 3.88. The van der Waals surface area contributed by atoms with Crippen molar-refractivity contribution in [2.45, 2.75) is 33.3 Å². The Kier molecular flexibility index (Phi) is 3.27. The first-order valence-electron chi connectivity index (χ1n) is 5.80. The molecule has 17 heavy (non-hydrogen) atoms. The molecule has 0 N–H and O–H groups in total. The predicted octanol–water partition coefficient (Wildman–Crippen LogP) is 3.32. The van der Waals surface area contributed by atoms with Crippen LogP contribution in [0.15, 0.2) is 24.3 Å². The number of fused-ring (bicyclic) bond motifs is 1. The van der Waals surface area contributed by atoms with Crippen molar-refractivity contribution in [2.24, 2.45) is 0 Å². The van der Waals surface area contributed by atoms with Gasteiger partial charge < -0.3 is 14.2 Å². The smallest absolute Gasteiger partial charge is 0.231 e. The van der Waals surface area contributed by atoms with Gasteiger partial charge in [0.05, 0.1) is 6.10 Å². The quantitative estimate of drug-likeness (QED) is 0.748. The molecule has 0 unspecified atom stereocenters. The molecule has 0 atom stereocenters. The minimum absolute atomic E-state index is 0.138. The first-order valence-corrected chi connectivity index (χ1v) is 5.80. The lowest BCUT2D eigenvalue weighted by atomic mass is 10.1. The molecule has 92 valence electrons. The standard InChI is InChI=1S/C14H18O3/c1-9(2)5-11-6-13-14(16-8-15-13)7-12(11)17-10(3)4/h6-7,10H,1,5,8H2,2-4H3. The third-order valence-electron chi connectivity index (χ3n) is 2.41. The first-order chi connectivity index (χ1) is 8.06. The molecule has 0 saturated carbocycles. The molecule has 1 aliphatic heterocycles. The summed E-state index contributed by atoms with van der Waals surface area (Å²) in [6.07, 6.45) is 0.929. The van der Waals surface area contributed by atoms with E-state index in [2.05, 4.69) is 6.58 Å². The fourth-order valence-electron chi connectivity index (χ4n) is 1.79. The molecule has 0 aromatic heterocycles. The maximum atomic E-state index is 5.79. The number of benzene rings is 1. The van der Waals surface area contributed by atoms with Gasteiger partial charge in [-0.25, -0.2) is 0 Å². The van der Waals surface area contributed by atoms with Crippen LogP contribution in [0.5, 0.6) is 17.2 Å². The Labute approximate surface area is 102 Å². The fourth-order valence-corrected chi connectivity index (χ4v) is 1.79. The van der Waals surface area contributed by atoms with E-state index in [0.717, 1.165) is 34.8 Å². The van der Waals surface area contributed by atoms with Crippen LogP contribution in [0, 0.1) is 0 Å². The minimum Gasteiger partial charge on any atom is -0.491 e. The Bertz CT molecular complexity index is 435. The Morgan fingerprint density at radius 3 is 2.59 bits per heavy atom. The van der Waals surface area contributed by atoms with Crippen molar-refractivity contribution >= 4 is 0 Å². The zero-order valence-electron chi connectivity index (χ0n) is 10.6. The normalized spacial score (nSPS) is 12.9. The molecule has 1 heterocycles. The van der Waals surface area contributed by atoms with Gasteiger partial charge in [-0.1, -0.05) is 12.2 Å². The van der Waals surface area contributed by atoms with E-state index < -0.39 is 0 Å². The van der Waals surface area contributed by atoms with Gasteiger partial charge in [-0.15, -0.1) is 0 Å². The lowest BCUT2D eigenvalue weighted by molar-refractivity contribution is 0.173. The van der Waals surface area contributed by atoms with Crippen molar-refractivity contribution in [3.63, 3.8) is 0 Å². The highest BCUT2D eigenvalue weighted by Crippen LogP contribution is 2.39. The van der Waals surface area contributed by atoms with Gasteiger partial charge in [0.1, 0.15) is 5.75 Å². The second-order valence-electron chi connectivity index (χ2n) is 4.61. The second-order valence-corrected chi connectivity index (χ2v) is 4.61. The molecule has 3 nitrogen and oxygen atoms in total. The zero-order valence-corrected chi connectivity index (χ0v) is 10.6. The monoisotopic (exact) mass is 234 g/mol. The summed E-state index contributed by atoms with van der Waals surface area (Å²) in [6.45, 7) is 10.2. The molecule has 0 bridgehead atoms. The van der Waals surface area contributed by atoms with Crippen LogP contribution < -0.4 is 14.2 Å². The number of hydrogen-bond acceptors (Lipinski definition) is 3. The van der Waals surface area contributed by atoms with Crippen molar-refractivity contribution in [2.75, 3.05) is 6.79 Å². The average Bonchev–Trinajstić information content (AvgIpc) is 2.63. The minimum atomic E-state index is 0.138. The second kappa shape index (κ2) is 4.70. The summed E-state index contributed by atoms with van der Waals surface area (Å²) in [5.74, 6) is 2.40. The van der Waals surface area contributed by atoms with E-state index >= 15 is 0 Å². The summed E-state index contributed by atoms with van der Waals surface area (Å²) in [4.78, 5) is 0. The van der Waals surface area contributed by atoms with E-state index in [1.807, 2.05) is 32.9 Å². The van der Waals surface area contributed by atoms with E-state index in [1.165, 1.54) is 0 Å². The van der Waals surface area contributed by atoms with Crippen LogP contribution in [0.25, 0.3) is 0 Å². The largest absolute Gasteiger partial charge is 0.491 e. The summed E-state index contributed by atoms with van der Waals surface area (Å²) < 4.78 is 16.5. The maximum Gasteiger partial charge on any atom is 0.231 e. The van der Waals surface area contributed by atoms with Crippen LogP contribution >= 0.6 is 0 Å². The van der Waals surface area contributed by atoms with Gasteiger partial charge in [-0.05, 0) is 33.3 Å². The van der Waals surface area contributed by atoms with E-state index in [0.29, 0.717) is 0 Å². The Morgan fingerprint density at radius 2 is 2.00 bits per heavy atom. The molecule has 0 fully saturated rings. The van der Waals surface area contributed by atoms with Gasteiger partial charge in [0.25, 0.3) is 0 Å². The molecule has 1 aliphatic rings. The van der Waals surface area contributed by atoms with E-state index in [4.69, 9.17) is 14.2 Å². The van der Waals surface area contributed by atoms with Crippen LogP contribution in [0.2, 0.25) is 0 Å². The molecule has 1 aromatic rings. The van der Waals surface area contributed by atoms with Gasteiger partial charge in [0.2, 0.25) is 6.79 Å². The van der Waals surface area contributed by atoms with E-state index in [9.17, 15) is 0 Å². The highest BCUT2D eigenvalue weighted by molar-refractivity contribution is 5.52. The SMILES string of the molecule is C=C(C)Cc1cc2c(cc1OC(C)C)OCO2. The van der Waals surface area contributed by atoms with Gasteiger partial charge in [0.15, 0.2) is 11.5 Å². The van der Waals surface area contributed by atoms with Gasteiger partial charge in [-0.3, -0.25) is 0 Å². The van der Waals surface area contributed by atoms with Crippen molar-refractivity contribution < 1.29 is 14.2 Å². The first kappa shape index (κ1) is 11.8. The van der Waals surface area contributed by atoms with Crippen LogP contribution in [-0.4, -0.2) is 12.9 Å².